The van der Waals surface area contributed by atoms with E-state index in [1.165, 1.54) is 33.3 Å². The van der Waals surface area contributed by atoms with Crippen LogP contribution < -0.4 is 8.61 Å². The van der Waals surface area contributed by atoms with Crippen molar-refractivity contribution in [3.8, 4) is 22.3 Å². The van der Waals surface area contributed by atoms with Gasteiger partial charge in [0, 0.05) is 69.6 Å². The largest absolute Gasteiger partial charge is 0.332 e. The third kappa shape index (κ3) is 10.8. The number of aryl methyl sites for hydroxylation is 8. The number of benzene rings is 10. The van der Waals surface area contributed by atoms with Gasteiger partial charge in [-0.2, -0.15) is 0 Å². The van der Waals surface area contributed by atoms with Crippen molar-refractivity contribution in [2.75, 3.05) is 8.61 Å². The van der Waals surface area contributed by atoms with Crippen molar-refractivity contribution in [1.29, 1.82) is 0 Å². The molecule has 0 saturated heterocycles. The zero-order valence-electron chi connectivity index (χ0n) is 52.1. The molecule has 10 aromatic carbocycles. The third-order valence-electron chi connectivity index (χ3n) is 17.8. The van der Waals surface area contributed by atoms with Gasteiger partial charge in [-0.05, 0) is 147 Å². The van der Waals surface area contributed by atoms with Crippen LogP contribution in [0, 0.1) is 55.4 Å². The van der Waals surface area contributed by atoms with Crippen LogP contribution in [0.15, 0.2) is 276 Å². The summed E-state index contributed by atoms with van der Waals surface area (Å²) in [6.45, 7) is 16.0. The number of hydrogen-bond acceptors (Lipinski definition) is 4. The summed E-state index contributed by atoms with van der Waals surface area (Å²) in [5.41, 5.74) is 23.0. The summed E-state index contributed by atoms with van der Waals surface area (Å²) < 4.78 is 66.5. The Kier molecular flexibility index (Phi) is 15.8. The molecule has 14 rings (SSSR count). The van der Waals surface area contributed by atoms with E-state index in [0.29, 0.717) is 24.2 Å². The second kappa shape index (κ2) is 24.0. The molecule has 8 nitrogen and oxygen atoms in total. The fourth-order valence-corrected chi connectivity index (χ4v) is 17.1. The number of aromatic nitrogens is 2. The molecule has 0 fully saturated rings. The number of sulfonamides is 2. The van der Waals surface area contributed by atoms with Crippen LogP contribution in [0.5, 0.6) is 0 Å². The van der Waals surface area contributed by atoms with Gasteiger partial charge in [0.05, 0.1) is 33.2 Å². The number of para-hydroxylation sites is 2. The highest BCUT2D eigenvalue weighted by Gasteiger charge is 2.38. The Labute approximate surface area is 530 Å². The van der Waals surface area contributed by atoms with Crippen LogP contribution in [0.1, 0.15) is 79.1 Å². The second-order valence-electron chi connectivity index (χ2n) is 24.3. The van der Waals surface area contributed by atoms with E-state index in [1.807, 2.05) is 116 Å². The normalized spacial score (nSPS) is 15.5. The highest BCUT2D eigenvalue weighted by atomic mass is 32.2. The Balaban J connectivity index is 0.000000165. The number of hydrogen-bond donors (Lipinski definition) is 0. The molecule has 0 spiro atoms. The molecule has 90 heavy (non-hydrogen) atoms. The predicted octanol–water partition coefficient (Wildman–Crippen LogP) is 18.9. The van der Waals surface area contributed by atoms with Crippen molar-refractivity contribution in [3.05, 3.63) is 333 Å². The van der Waals surface area contributed by atoms with Gasteiger partial charge in [-0.15, -0.1) is 0 Å². The molecule has 12 aromatic rings. The van der Waals surface area contributed by atoms with E-state index in [2.05, 4.69) is 179 Å². The minimum absolute atomic E-state index is 0.176. The number of allylic oxidation sites excluding steroid dienone is 2. The average Bonchev–Trinajstić information content (AvgIpc) is 1.56. The number of fused-ring (bicyclic) bond motifs is 6. The first-order valence-corrected chi connectivity index (χ1v) is 33.6. The molecule has 448 valence electrons. The number of rotatable bonds is 12. The van der Waals surface area contributed by atoms with Gasteiger partial charge in [-0.1, -0.05) is 229 Å². The van der Waals surface area contributed by atoms with Crippen molar-refractivity contribution in [3.63, 3.8) is 0 Å². The lowest BCUT2D eigenvalue weighted by Crippen LogP contribution is -2.28. The minimum atomic E-state index is -3.95. The maximum atomic E-state index is 14.7. The highest BCUT2D eigenvalue weighted by Crippen LogP contribution is 2.50. The van der Waals surface area contributed by atoms with E-state index in [1.54, 1.807) is 32.9 Å². The molecule has 4 heterocycles. The van der Waals surface area contributed by atoms with Crippen LogP contribution >= 0.6 is 0 Å². The Hall–Kier alpha value is -9.74. The van der Waals surface area contributed by atoms with Gasteiger partial charge in [0.2, 0.25) is 0 Å². The third-order valence-corrected chi connectivity index (χ3v) is 21.1. The quantitative estimate of drug-likeness (QED) is 0.122. The Morgan fingerprint density at radius 3 is 0.989 bits per heavy atom. The van der Waals surface area contributed by atoms with Gasteiger partial charge in [0.15, 0.2) is 0 Å². The molecule has 0 unspecified atom stereocenters. The maximum absolute atomic E-state index is 14.7. The van der Waals surface area contributed by atoms with Crippen molar-refractivity contribution in [2.45, 2.75) is 90.1 Å². The lowest BCUT2D eigenvalue weighted by Gasteiger charge is -2.27. The molecule has 0 saturated carbocycles. The van der Waals surface area contributed by atoms with E-state index in [9.17, 15) is 16.8 Å². The zero-order valence-corrected chi connectivity index (χ0v) is 53.7. The standard InChI is InChI=1S/2C40H36N2O2S/c2*1-27-19-21-34(22-20-27)45(43,44)41(39-29(3)23-28(2)24-30(39)4)26-33-25-37-38(31-13-7-5-8-14-31)35-17-11-12-18-36(35)42(37)40(33)32-15-9-6-10-16-32/h2*5-24,26,40H,25H2,1-4H3/b2*33-26+/t2*40-/m00/s1. The summed E-state index contributed by atoms with van der Waals surface area (Å²) in [6, 6.07) is 81.2. The van der Waals surface area contributed by atoms with E-state index >= 15 is 0 Å². The molecule has 0 radical (unpaired) electrons. The molecule has 2 aliphatic rings. The fourth-order valence-electron chi connectivity index (χ4n) is 14.1. The van der Waals surface area contributed by atoms with Crippen molar-refractivity contribution < 1.29 is 16.8 Å². The number of nitrogens with zero attached hydrogens (tertiary/aromatic N) is 4. The van der Waals surface area contributed by atoms with Crippen LogP contribution in [0.3, 0.4) is 0 Å². The van der Waals surface area contributed by atoms with Gasteiger partial charge in [0.1, 0.15) is 0 Å². The Bertz CT molecular complexity index is 4630. The van der Waals surface area contributed by atoms with Crippen molar-refractivity contribution in [1.82, 2.24) is 9.13 Å². The zero-order chi connectivity index (χ0) is 62.6. The first kappa shape index (κ1) is 59.2. The lowest BCUT2D eigenvalue weighted by atomic mass is 9.95. The lowest BCUT2D eigenvalue weighted by molar-refractivity contribution is 0.593. The molecule has 2 atom stereocenters. The second-order valence-corrected chi connectivity index (χ2v) is 27.9. The first-order valence-electron chi connectivity index (χ1n) is 30.7. The molecule has 10 heteroatoms. The average molecular weight is 1220 g/mol. The van der Waals surface area contributed by atoms with Gasteiger partial charge in [-0.3, -0.25) is 0 Å². The van der Waals surface area contributed by atoms with Gasteiger partial charge < -0.3 is 9.13 Å². The maximum Gasteiger partial charge on any atom is 0.268 e. The van der Waals surface area contributed by atoms with Crippen LogP contribution in [-0.4, -0.2) is 26.0 Å². The van der Waals surface area contributed by atoms with Crippen LogP contribution in [0.2, 0.25) is 0 Å². The molecule has 0 bridgehead atoms. The summed E-state index contributed by atoms with van der Waals surface area (Å²) in [5.74, 6) is 0. The van der Waals surface area contributed by atoms with Gasteiger partial charge >= 0.3 is 0 Å². The predicted molar refractivity (Wildman–Crippen MR) is 370 cm³/mol. The van der Waals surface area contributed by atoms with E-state index in [-0.39, 0.29) is 21.9 Å². The molecule has 0 aliphatic carbocycles. The Morgan fingerprint density at radius 2 is 0.656 bits per heavy atom. The molecule has 2 aromatic heterocycles. The summed E-state index contributed by atoms with van der Waals surface area (Å²) in [5, 5.41) is 2.40. The van der Waals surface area contributed by atoms with Gasteiger partial charge in [0.25, 0.3) is 20.0 Å². The van der Waals surface area contributed by atoms with Crippen molar-refractivity contribution in [2.24, 2.45) is 0 Å². The molecule has 0 amide bonds. The number of anilines is 2. The van der Waals surface area contributed by atoms with E-state index in [0.717, 1.165) is 88.9 Å². The van der Waals surface area contributed by atoms with E-state index < -0.39 is 20.0 Å². The summed E-state index contributed by atoms with van der Waals surface area (Å²) in [7, 11) is -7.90. The van der Waals surface area contributed by atoms with Gasteiger partial charge in [-0.25, -0.2) is 25.4 Å². The smallest absolute Gasteiger partial charge is 0.268 e. The molecular formula is C80H72N4O4S2. The summed E-state index contributed by atoms with van der Waals surface area (Å²) in [4.78, 5) is 0.544. The molecular weight excluding hydrogens is 1150 g/mol. The monoisotopic (exact) mass is 1220 g/mol. The SMILES string of the molecule is Cc1ccc(S(=O)(=O)N(/C=C2\Cc3c(-c4ccccc4)c4ccccc4n3[C@H]2c2ccccc2)c2c(C)cc(C)cc2C)cc1.Cc1ccc(S(=O)(=O)N(/C=C2\Cc3c(-c4ccccc4)c4ccccc4n3[C@H]2c2ccccc2)c2c(C)cc(C)cc2C)cc1. The molecule has 0 N–H and O–H groups in total. The van der Waals surface area contributed by atoms with Crippen LogP contribution in [0.4, 0.5) is 11.4 Å². The Morgan fingerprint density at radius 1 is 0.356 bits per heavy atom. The van der Waals surface area contributed by atoms with Crippen molar-refractivity contribution >= 4 is 53.2 Å². The topological polar surface area (TPSA) is 84.6 Å². The minimum Gasteiger partial charge on any atom is -0.332 e. The van der Waals surface area contributed by atoms with E-state index in [4.69, 9.17) is 0 Å². The molecule has 2 aliphatic heterocycles. The fraction of sp³-hybridized carbons (Fsp3) is 0.150. The first-order chi connectivity index (χ1) is 43.5. The summed E-state index contributed by atoms with van der Waals surface area (Å²) in [6.07, 6.45) is 5.05. The summed E-state index contributed by atoms with van der Waals surface area (Å²) >= 11 is 0. The van der Waals surface area contributed by atoms with Crippen LogP contribution in [-0.2, 0) is 32.9 Å². The van der Waals surface area contributed by atoms with Crippen LogP contribution in [0.25, 0.3) is 44.1 Å². The highest BCUT2D eigenvalue weighted by molar-refractivity contribution is 7.93.